The summed E-state index contributed by atoms with van der Waals surface area (Å²) in [5, 5.41) is 23.8. The zero-order valence-corrected chi connectivity index (χ0v) is 43.0. The van der Waals surface area contributed by atoms with Gasteiger partial charge in [0.25, 0.3) is 0 Å². The molecule has 0 aromatic carbocycles. The van der Waals surface area contributed by atoms with Crippen molar-refractivity contribution in [3.8, 4) is 0 Å². The van der Waals surface area contributed by atoms with Gasteiger partial charge in [0.15, 0.2) is 0 Å². The topological polar surface area (TPSA) is 95.9 Å². The van der Waals surface area contributed by atoms with Crippen molar-refractivity contribution in [3.63, 3.8) is 0 Å². The van der Waals surface area contributed by atoms with E-state index < -0.39 is 18.2 Å². The van der Waals surface area contributed by atoms with Crippen LogP contribution in [0.1, 0.15) is 245 Å². The lowest BCUT2D eigenvalue weighted by Gasteiger charge is -2.24. The van der Waals surface area contributed by atoms with Crippen LogP contribution in [0.2, 0.25) is 0 Å². The molecule has 3 N–H and O–H groups in total. The Kier molecular flexibility index (Phi) is 50.2. The van der Waals surface area contributed by atoms with Gasteiger partial charge < -0.3 is 20.3 Å². The molecule has 0 saturated heterocycles. The number of allylic oxidation sites excluding steroid dienone is 15. The highest BCUT2D eigenvalue weighted by Gasteiger charge is 2.23. The van der Waals surface area contributed by atoms with Crippen molar-refractivity contribution < 1.29 is 24.5 Å². The number of hydrogen-bond acceptors (Lipinski definition) is 5. The van der Waals surface area contributed by atoms with Crippen LogP contribution in [0.4, 0.5) is 0 Å². The van der Waals surface area contributed by atoms with Crippen LogP contribution in [0.15, 0.2) is 97.2 Å². The molecule has 0 aromatic heterocycles. The van der Waals surface area contributed by atoms with Crippen molar-refractivity contribution >= 4 is 11.9 Å². The maximum Gasteiger partial charge on any atom is 0.306 e. The van der Waals surface area contributed by atoms with E-state index in [1.165, 1.54) is 116 Å². The van der Waals surface area contributed by atoms with E-state index in [1.807, 2.05) is 12.2 Å². The van der Waals surface area contributed by atoms with Gasteiger partial charge in [0.05, 0.1) is 25.2 Å². The summed E-state index contributed by atoms with van der Waals surface area (Å²) in [4.78, 5) is 26.2. The van der Waals surface area contributed by atoms with Crippen molar-refractivity contribution in [2.24, 2.45) is 0 Å². The van der Waals surface area contributed by atoms with Gasteiger partial charge in [-0.05, 0) is 64.2 Å². The van der Waals surface area contributed by atoms with E-state index in [9.17, 15) is 19.8 Å². The summed E-state index contributed by atoms with van der Waals surface area (Å²) in [5.41, 5.74) is 0. The molecule has 1 amide bonds. The lowest BCUT2D eigenvalue weighted by molar-refractivity contribution is -0.150. The first-order chi connectivity index (χ1) is 32.5. The number of aliphatic hydroxyl groups is 2. The molecule has 6 heteroatoms. The molecule has 0 aliphatic rings. The maximum absolute atomic E-state index is 13.2. The first-order valence-corrected chi connectivity index (χ1v) is 27.5. The Labute approximate surface area is 407 Å². The van der Waals surface area contributed by atoms with Crippen LogP contribution in [0, 0.1) is 0 Å². The molecule has 0 rings (SSSR count). The Bertz CT molecular complexity index is 1310. The van der Waals surface area contributed by atoms with E-state index in [0.717, 1.165) is 83.5 Å². The highest BCUT2D eigenvalue weighted by Crippen LogP contribution is 2.17. The average Bonchev–Trinajstić information content (AvgIpc) is 3.31. The average molecular weight is 918 g/mol. The molecule has 3 unspecified atom stereocenters. The third kappa shape index (κ3) is 47.3. The zero-order chi connectivity index (χ0) is 48.1. The van der Waals surface area contributed by atoms with Crippen LogP contribution in [0.25, 0.3) is 0 Å². The predicted molar refractivity (Wildman–Crippen MR) is 287 cm³/mol. The first-order valence-electron chi connectivity index (χ1n) is 27.5. The van der Waals surface area contributed by atoms with Gasteiger partial charge in [-0.15, -0.1) is 0 Å². The SMILES string of the molecule is CC/C=C\C/C=C\C/C=C\C/C=C\C/C=C\CC(CC(=O)NC(CO)C(O)CCCCCCCCCCCCCCCCCCC)OC(=O)CCCCCCCCC/C=C/C=C/C=C/CC. The largest absolute Gasteiger partial charge is 0.461 e. The van der Waals surface area contributed by atoms with Crippen molar-refractivity contribution in [3.05, 3.63) is 97.2 Å². The summed E-state index contributed by atoms with van der Waals surface area (Å²) in [6.45, 7) is 6.22. The summed E-state index contributed by atoms with van der Waals surface area (Å²) in [6.07, 6.45) is 70.6. The predicted octanol–water partition coefficient (Wildman–Crippen LogP) is 16.9. The first kappa shape index (κ1) is 62.8. The third-order valence-corrected chi connectivity index (χ3v) is 12.0. The molecule has 0 aliphatic carbocycles. The lowest BCUT2D eigenvalue weighted by Crippen LogP contribution is -2.46. The quantitative estimate of drug-likeness (QED) is 0.0245. The summed E-state index contributed by atoms with van der Waals surface area (Å²) in [5.74, 6) is -0.597. The molecule has 0 bridgehead atoms. The fourth-order valence-corrected chi connectivity index (χ4v) is 7.87. The number of aliphatic hydroxyl groups excluding tert-OH is 2. The molecule has 0 spiro atoms. The van der Waals surface area contributed by atoms with Crippen LogP contribution >= 0.6 is 0 Å². The van der Waals surface area contributed by atoms with Gasteiger partial charge in [0.2, 0.25) is 5.91 Å². The maximum atomic E-state index is 13.2. The molecule has 0 aliphatic heterocycles. The Hall–Kier alpha value is -3.22. The number of carbonyl (C=O) groups is 2. The van der Waals surface area contributed by atoms with Crippen molar-refractivity contribution in [1.29, 1.82) is 0 Å². The van der Waals surface area contributed by atoms with E-state index in [2.05, 4.69) is 111 Å². The van der Waals surface area contributed by atoms with E-state index in [-0.39, 0.29) is 24.9 Å². The number of unbranched alkanes of at least 4 members (excludes halogenated alkanes) is 23. The van der Waals surface area contributed by atoms with Crippen LogP contribution in [-0.2, 0) is 14.3 Å². The molecule has 66 heavy (non-hydrogen) atoms. The van der Waals surface area contributed by atoms with Crippen LogP contribution in [-0.4, -0.2) is 46.9 Å². The summed E-state index contributed by atoms with van der Waals surface area (Å²) in [7, 11) is 0. The van der Waals surface area contributed by atoms with Gasteiger partial charge in [0.1, 0.15) is 6.10 Å². The lowest BCUT2D eigenvalue weighted by atomic mass is 10.0. The van der Waals surface area contributed by atoms with E-state index in [0.29, 0.717) is 19.3 Å². The van der Waals surface area contributed by atoms with Gasteiger partial charge in [-0.1, -0.05) is 259 Å². The number of amides is 1. The van der Waals surface area contributed by atoms with Gasteiger partial charge in [0, 0.05) is 12.8 Å². The van der Waals surface area contributed by atoms with Gasteiger partial charge in [-0.3, -0.25) is 9.59 Å². The Morgan fingerprint density at radius 1 is 0.485 bits per heavy atom. The summed E-state index contributed by atoms with van der Waals surface area (Å²) in [6, 6.07) is -0.741. The number of nitrogens with one attached hydrogen (secondary N) is 1. The number of esters is 1. The Balaban J connectivity index is 4.68. The van der Waals surface area contributed by atoms with Gasteiger partial charge >= 0.3 is 5.97 Å². The Morgan fingerprint density at radius 3 is 1.39 bits per heavy atom. The number of hydrogen-bond donors (Lipinski definition) is 3. The molecule has 0 saturated carbocycles. The van der Waals surface area contributed by atoms with Crippen molar-refractivity contribution in [1.82, 2.24) is 5.32 Å². The van der Waals surface area contributed by atoms with Crippen LogP contribution in [0.3, 0.4) is 0 Å². The monoisotopic (exact) mass is 918 g/mol. The van der Waals surface area contributed by atoms with Crippen LogP contribution in [0.5, 0.6) is 0 Å². The second kappa shape index (κ2) is 52.7. The standard InChI is InChI=1S/C60H103NO5/c1-4-7-10-13-16-19-22-25-28-29-32-34-37-40-43-46-49-52-58(63)57(55-62)61-59(64)54-56(51-48-45-42-39-36-33-30-26-23-20-17-14-11-8-5-2)66-60(65)53-50-47-44-41-38-35-31-27-24-21-18-15-12-9-6-3/h8-9,11-12,15,17-18,20-21,24,26,30,36,39,45,48,56-58,62-63H,4-7,10,13-14,16,19,22-23,25,27-29,31-35,37-38,40-44,46-47,49-55H2,1-3H3,(H,61,64)/b11-8-,12-9+,18-15+,20-17-,24-21+,30-26-,39-36-,48-45-. The Morgan fingerprint density at radius 2 is 0.909 bits per heavy atom. The second-order valence-electron chi connectivity index (χ2n) is 18.3. The number of ether oxygens (including phenoxy) is 1. The molecule has 0 heterocycles. The molecule has 6 nitrogen and oxygen atoms in total. The highest BCUT2D eigenvalue weighted by molar-refractivity contribution is 5.77. The third-order valence-electron chi connectivity index (χ3n) is 12.0. The summed E-state index contributed by atoms with van der Waals surface area (Å²) >= 11 is 0. The van der Waals surface area contributed by atoms with E-state index in [4.69, 9.17) is 4.74 Å². The van der Waals surface area contributed by atoms with Crippen molar-refractivity contribution in [2.45, 2.75) is 264 Å². The normalized spacial score (nSPS) is 14.0. The van der Waals surface area contributed by atoms with E-state index in [1.54, 1.807) is 0 Å². The molecule has 0 radical (unpaired) electrons. The number of rotatable bonds is 48. The molecular weight excluding hydrogens is 815 g/mol. The minimum Gasteiger partial charge on any atom is -0.461 e. The molecular formula is C60H103NO5. The van der Waals surface area contributed by atoms with Crippen molar-refractivity contribution in [2.75, 3.05) is 6.61 Å². The van der Waals surface area contributed by atoms with Gasteiger partial charge in [-0.25, -0.2) is 0 Å². The molecule has 3 atom stereocenters. The second-order valence-corrected chi connectivity index (χ2v) is 18.3. The highest BCUT2D eigenvalue weighted by atomic mass is 16.5. The van der Waals surface area contributed by atoms with Gasteiger partial charge in [-0.2, -0.15) is 0 Å². The van der Waals surface area contributed by atoms with Crippen LogP contribution < -0.4 is 5.32 Å². The van der Waals surface area contributed by atoms with E-state index >= 15 is 0 Å². The number of carbonyl (C=O) groups excluding carboxylic acids is 2. The smallest absolute Gasteiger partial charge is 0.306 e. The minimum atomic E-state index is -0.820. The molecule has 378 valence electrons. The minimum absolute atomic E-state index is 0.0101. The zero-order valence-electron chi connectivity index (χ0n) is 43.0. The fourth-order valence-electron chi connectivity index (χ4n) is 7.87. The molecule has 0 fully saturated rings. The summed E-state index contributed by atoms with van der Waals surface area (Å²) < 4.78 is 5.87. The molecule has 0 aromatic rings. The fraction of sp³-hybridized carbons (Fsp3) is 0.700.